The predicted molar refractivity (Wildman–Crippen MR) is 95.2 cm³/mol. The third-order valence-corrected chi connectivity index (χ3v) is 4.35. The number of hydrogen-bond donors (Lipinski definition) is 2. The van der Waals surface area contributed by atoms with E-state index >= 15 is 0 Å². The van der Waals surface area contributed by atoms with Crippen LogP contribution in [0.4, 0.5) is 0 Å². The van der Waals surface area contributed by atoms with Gasteiger partial charge in [-0.1, -0.05) is 36.4 Å². The van der Waals surface area contributed by atoms with Crippen molar-refractivity contribution in [2.24, 2.45) is 5.92 Å². The van der Waals surface area contributed by atoms with Crippen LogP contribution in [-0.2, 0) is 9.59 Å². The minimum Gasteiger partial charge on any atom is -0.457 e. The molecule has 2 atom stereocenters. The van der Waals surface area contributed by atoms with Crippen LogP contribution >= 0.6 is 0 Å². The Morgan fingerprint density at radius 3 is 2.60 bits per heavy atom. The Balaban J connectivity index is 1.68. The number of amides is 2. The molecule has 2 aromatic rings. The van der Waals surface area contributed by atoms with E-state index in [4.69, 9.17) is 4.74 Å². The molecule has 1 saturated heterocycles. The predicted octanol–water partition coefficient (Wildman–Crippen LogP) is 3.18. The fraction of sp³-hybridized carbons (Fsp3) is 0.300. The van der Waals surface area contributed by atoms with Crippen LogP contribution in [-0.4, -0.2) is 18.4 Å². The summed E-state index contributed by atoms with van der Waals surface area (Å²) in [5, 5.41) is 5.78. The molecule has 1 aliphatic rings. The first kappa shape index (κ1) is 17.0. The molecule has 0 aromatic heterocycles. The van der Waals surface area contributed by atoms with E-state index in [1.54, 1.807) is 0 Å². The Labute approximate surface area is 147 Å². The number of rotatable bonds is 5. The summed E-state index contributed by atoms with van der Waals surface area (Å²) < 4.78 is 5.96. The fourth-order valence-corrected chi connectivity index (χ4v) is 2.91. The van der Waals surface area contributed by atoms with E-state index in [0.717, 1.165) is 17.1 Å². The van der Waals surface area contributed by atoms with Crippen molar-refractivity contribution >= 4 is 11.8 Å². The number of carbonyl (C=O) groups excluding carboxylic acids is 2. The number of para-hydroxylation sites is 2. The highest BCUT2D eigenvalue weighted by Crippen LogP contribution is 2.29. The van der Waals surface area contributed by atoms with Crippen LogP contribution in [0.15, 0.2) is 54.6 Å². The summed E-state index contributed by atoms with van der Waals surface area (Å²) in [4.78, 5) is 23.7. The van der Waals surface area contributed by atoms with E-state index in [9.17, 15) is 9.59 Å². The lowest BCUT2D eigenvalue weighted by atomic mass is 9.97. The van der Waals surface area contributed by atoms with Crippen LogP contribution in [0.2, 0.25) is 0 Å². The molecule has 5 nitrogen and oxygen atoms in total. The summed E-state index contributed by atoms with van der Waals surface area (Å²) in [6.45, 7) is 2.34. The summed E-state index contributed by atoms with van der Waals surface area (Å²) in [6, 6.07) is 17.0. The molecule has 5 heteroatoms. The number of carbonyl (C=O) groups is 2. The van der Waals surface area contributed by atoms with Crippen molar-refractivity contribution in [2.45, 2.75) is 25.8 Å². The summed E-state index contributed by atoms with van der Waals surface area (Å²) in [7, 11) is 0. The molecular formula is C20H22N2O3. The molecule has 3 rings (SSSR count). The molecule has 1 aliphatic heterocycles. The van der Waals surface area contributed by atoms with Gasteiger partial charge in [0.25, 0.3) is 0 Å². The van der Waals surface area contributed by atoms with Crippen LogP contribution in [0.1, 0.15) is 31.4 Å². The lowest BCUT2D eigenvalue weighted by Crippen LogP contribution is -2.43. The maximum Gasteiger partial charge on any atom is 0.225 e. The SMILES string of the molecule is C[C@H](NC(=O)[C@H]1CCC(=O)NC1)c1ccccc1Oc1ccccc1. The topological polar surface area (TPSA) is 67.4 Å². The molecule has 25 heavy (non-hydrogen) atoms. The molecule has 0 saturated carbocycles. The second kappa shape index (κ2) is 7.83. The van der Waals surface area contributed by atoms with Crippen molar-refractivity contribution in [1.29, 1.82) is 0 Å². The van der Waals surface area contributed by atoms with Gasteiger partial charge in [-0.15, -0.1) is 0 Å². The van der Waals surface area contributed by atoms with Gasteiger partial charge in [0.05, 0.1) is 12.0 Å². The Morgan fingerprint density at radius 1 is 1.16 bits per heavy atom. The number of nitrogens with one attached hydrogen (secondary N) is 2. The van der Waals surface area contributed by atoms with Crippen molar-refractivity contribution in [1.82, 2.24) is 10.6 Å². The van der Waals surface area contributed by atoms with Crippen LogP contribution in [0.5, 0.6) is 11.5 Å². The first-order valence-electron chi connectivity index (χ1n) is 8.52. The smallest absolute Gasteiger partial charge is 0.225 e. The fourth-order valence-electron chi connectivity index (χ4n) is 2.91. The summed E-state index contributed by atoms with van der Waals surface area (Å²) in [6.07, 6.45) is 0.993. The van der Waals surface area contributed by atoms with Gasteiger partial charge in [-0.3, -0.25) is 9.59 Å². The molecule has 2 aromatic carbocycles. The van der Waals surface area contributed by atoms with Gasteiger partial charge in [0.15, 0.2) is 0 Å². The molecule has 1 heterocycles. The molecule has 0 bridgehead atoms. The van der Waals surface area contributed by atoms with Gasteiger partial charge >= 0.3 is 0 Å². The number of benzene rings is 2. The maximum atomic E-state index is 12.5. The normalized spacial score (nSPS) is 18.1. The van der Waals surface area contributed by atoms with E-state index in [0.29, 0.717) is 19.4 Å². The second-order valence-corrected chi connectivity index (χ2v) is 6.22. The van der Waals surface area contributed by atoms with Crippen LogP contribution in [0.3, 0.4) is 0 Å². The molecule has 1 fully saturated rings. The van der Waals surface area contributed by atoms with Crippen molar-refractivity contribution < 1.29 is 14.3 Å². The molecule has 0 aliphatic carbocycles. The van der Waals surface area contributed by atoms with Crippen molar-refractivity contribution in [3.8, 4) is 11.5 Å². The first-order chi connectivity index (χ1) is 12.1. The molecule has 0 unspecified atom stereocenters. The zero-order chi connectivity index (χ0) is 17.6. The van der Waals surface area contributed by atoms with Crippen LogP contribution < -0.4 is 15.4 Å². The van der Waals surface area contributed by atoms with Crippen molar-refractivity contribution in [2.75, 3.05) is 6.54 Å². The molecule has 0 spiro atoms. The first-order valence-corrected chi connectivity index (χ1v) is 8.52. The minimum absolute atomic E-state index is 0.0127. The van der Waals surface area contributed by atoms with Gasteiger partial charge in [-0.05, 0) is 31.5 Å². The van der Waals surface area contributed by atoms with E-state index in [2.05, 4.69) is 10.6 Å². The van der Waals surface area contributed by atoms with E-state index in [1.807, 2.05) is 61.5 Å². The van der Waals surface area contributed by atoms with E-state index < -0.39 is 0 Å². The Kier molecular flexibility index (Phi) is 5.33. The number of ether oxygens (including phenoxy) is 1. The zero-order valence-corrected chi connectivity index (χ0v) is 14.2. The summed E-state index contributed by atoms with van der Waals surface area (Å²) in [5.41, 5.74) is 0.916. The van der Waals surface area contributed by atoms with Crippen LogP contribution in [0, 0.1) is 5.92 Å². The third kappa shape index (κ3) is 4.38. The Morgan fingerprint density at radius 2 is 1.88 bits per heavy atom. The third-order valence-electron chi connectivity index (χ3n) is 4.35. The highest BCUT2D eigenvalue weighted by atomic mass is 16.5. The number of hydrogen-bond acceptors (Lipinski definition) is 3. The van der Waals surface area contributed by atoms with E-state index in [-0.39, 0.29) is 23.8 Å². The average molecular weight is 338 g/mol. The maximum absolute atomic E-state index is 12.5. The van der Waals surface area contributed by atoms with Gasteiger partial charge in [-0.2, -0.15) is 0 Å². The van der Waals surface area contributed by atoms with Gasteiger partial charge in [0, 0.05) is 18.5 Å². The van der Waals surface area contributed by atoms with Gasteiger partial charge in [-0.25, -0.2) is 0 Å². The highest BCUT2D eigenvalue weighted by Gasteiger charge is 2.26. The quantitative estimate of drug-likeness (QED) is 0.880. The molecule has 2 N–H and O–H groups in total. The monoisotopic (exact) mass is 338 g/mol. The van der Waals surface area contributed by atoms with Gasteiger partial charge in [0.1, 0.15) is 11.5 Å². The Bertz CT molecular complexity index is 736. The minimum atomic E-state index is -0.190. The Hall–Kier alpha value is -2.82. The molecule has 2 amide bonds. The van der Waals surface area contributed by atoms with Crippen molar-refractivity contribution in [3.05, 3.63) is 60.2 Å². The largest absolute Gasteiger partial charge is 0.457 e. The van der Waals surface area contributed by atoms with Crippen molar-refractivity contribution in [3.63, 3.8) is 0 Å². The molecule has 0 radical (unpaired) electrons. The lowest BCUT2D eigenvalue weighted by molar-refractivity contribution is -0.129. The van der Waals surface area contributed by atoms with Crippen LogP contribution in [0.25, 0.3) is 0 Å². The standard InChI is InChI=1S/C20H22N2O3/c1-14(22-20(24)15-11-12-19(23)21-13-15)17-9-5-6-10-18(17)25-16-7-3-2-4-8-16/h2-10,14-15H,11-13H2,1H3,(H,21,23)(H,22,24)/t14-,15-/m0/s1. The summed E-state index contributed by atoms with van der Waals surface area (Å²) in [5.74, 6) is 1.27. The summed E-state index contributed by atoms with van der Waals surface area (Å²) >= 11 is 0. The lowest BCUT2D eigenvalue weighted by Gasteiger charge is -2.24. The number of piperidine rings is 1. The molecular weight excluding hydrogens is 316 g/mol. The molecule has 130 valence electrons. The zero-order valence-electron chi connectivity index (χ0n) is 14.2. The average Bonchev–Trinajstić information content (AvgIpc) is 2.63. The highest BCUT2D eigenvalue weighted by molar-refractivity contribution is 5.84. The second-order valence-electron chi connectivity index (χ2n) is 6.22. The van der Waals surface area contributed by atoms with Gasteiger partial charge < -0.3 is 15.4 Å². The van der Waals surface area contributed by atoms with E-state index in [1.165, 1.54) is 0 Å². The van der Waals surface area contributed by atoms with Gasteiger partial charge in [0.2, 0.25) is 11.8 Å².